The number of hydrogen-bond donors (Lipinski definition) is 0. The Kier molecular flexibility index (Phi) is 6.98. The Morgan fingerprint density at radius 2 is 1.45 bits per heavy atom. The monoisotopic (exact) mass is 439 g/mol. The number of nitrogens with zero attached hydrogens (tertiary/aromatic N) is 1. The van der Waals surface area contributed by atoms with Gasteiger partial charge in [0.2, 0.25) is 0 Å². The van der Waals surface area contributed by atoms with Crippen molar-refractivity contribution in [1.82, 2.24) is 4.90 Å². The van der Waals surface area contributed by atoms with Crippen LogP contribution in [0.1, 0.15) is 43.9 Å². The van der Waals surface area contributed by atoms with Crippen molar-refractivity contribution < 1.29 is 9.53 Å². The Morgan fingerprint density at radius 3 is 1.97 bits per heavy atom. The highest BCUT2D eigenvalue weighted by Gasteiger charge is 2.48. The van der Waals surface area contributed by atoms with Crippen molar-refractivity contribution in [2.75, 3.05) is 6.54 Å². The minimum atomic E-state index is -0.285. The molecule has 0 radical (unpaired) electrons. The Labute approximate surface area is 197 Å². The first-order chi connectivity index (χ1) is 16.0. The molecule has 1 fully saturated rings. The lowest BCUT2D eigenvalue weighted by Gasteiger charge is -2.30. The molecule has 0 bridgehead atoms. The average molecular weight is 440 g/mol. The number of rotatable bonds is 6. The molecule has 0 aliphatic carbocycles. The molecule has 3 aromatic carbocycles. The van der Waals surface area contributed by atoms with E-state index in [0.717, 1.165) is 12.0 Å². The molecule has 1 amide bonds. The summed E-state index contributed by atoms with van der Waals surface area (Å²) in [6.07, 6.45) is 2.83. The van der Waals surface area contributed by atoms with E-state index in [4.69, 9.17) is 4.74 Å². The minimum absolute atomic E-state index is 0.0314. The largest absolute Gasteiger partial charge is 0.445 e. The third kappa shape index (κ3) is 5.03. The van der Waals surface area contributed by atoms with Gasteiger partial charge in [-0.15, -0.1) is 0 Å². The summed E-state index contributed by atoms with van der Waals surface area (Å²) >= 11 is 0. The van der Waals surface area contributed by atoms with Crippen LogP contribution in [0.4, 0.5) is 4.79 Å². The normalized spacial score (nSPS) is 17.9. The molecular weight excluding hydrogens is 406 g/mol. The van der Waals surface area contributed by atoms with Gasteiger partial charge in [0.1, 0.15) is 6.61 Å². The third-order valence-corrected chi connectivity index (χ3v) is 6.86. The van der Waals surface area contributed by atoms with E-state index in [1.54, 1.807) is 0 Å². The molecule has 0 spiro atoms. The Hall–Kier alpha value is -3.33. The highest BCUT2D eigenvalue weighted by atomic mass is 16.6. The first kappa shape index (κ1) is 22.8. The standard InChI is InChI=1S/C30H33NO2/c1-23(2)24(3)19-28-20-30(26-15-9-5-10-16-26,27-17-11-6-12-18-27)22-31(28)29(32)33-21-25-13-7-4-8-14-25/h4-19,23,28H,20-22H2,1-3H3. The smallest absolute Gasteiger partial charge is 0.410 e. The van der Waals surface area contributed by atoms with Crippen LogP contribution in [0.5, 0.6) is 0 Å². The van der Waals surface area contributed by atoms with E-state index in [1.807, 2.05) is 47.4 Å². The fraction of sp³-hybridized carbons (Fsp3) is 0.300. The molecule has 4 rings (SSSR count). The van der Waals surface area contributed by atoms with E-state index in [-0.39, 0.29) is 24.2 Å². The van der Waals surface area contributed by atoms with Crippen molar-refractivity contribution in [3.63, 3.8) is 0 Å². The van der Waals surface area contributed by atoms with Crippen LogP contribution in [0.15, 0.2) is 103 Å². The summed E-state index contributed by atoms with van der Waals surface area (Å²) in [5.74, 6) is 0.427. The molecule has 1 aliphatic heterocycles. The van der Waals surface area contributed by atoms with E-state index < -0.39 is 0 Å². The van der Waals surface area contributed by atoms with Gasteiger partial charge in [-0.25, -0.2) is 4.79 Å². The lowest BCUT2D eigenvalue weighted by molar-refractivity contribution is 0.0962. The first-order valence-electron chi connectivity index (χ1n) is 11.8. The number of carbonyl (C=O) groups is 1. The van der Waals surface area contributed by atoms with E-state index in [1.165, 1.54) is 16.7 Å². The summed E-state index contributed by atoms with van der Waals surface area (Å²) in [5, 5.41) is 0. The molecule has 1 saturated heterocycles. The lowest BCUT2D eigenvalue weighted by Crippen LogP contribution is -2.38. The van der Waals surface area contributed by atoms with Gasteiger partial charge in [0.25, 0.3) is 0 Å². The van der Waals surface area contributed by atoms with Crippen LogP contribution in [0.2, 0.25) is 0 Å². The van der Waals surface area contributed by atoms with E-state index in [9.17, 15) is 4.79 Å². The fourth-order valence-electron chi connectivity index (χ4n) is 4.69. The maximum Gasteiger partial charge on any atom is 0.410 e. The van der Waals surface area contributed by atoms with Crippen molar-refractivity contribution in [2.24, 2.45) is 5.92 Å². The van der Waals surface area contributed by atoms with Crippen LogP contribution in [0.3, 0.4) is 0 Å². The summed E-state index contributed by atoms with van der Waals surface area (Å²) in [6.45, 7) is 7.41. The zero-order valence-electron chi connectivity index (χ0n) is 19.8. The second kappa shape index (κ2) is 10.1. The van der Waals surface area contributed by atoms with Gasteiger partial charge >= 0.3 is 6.09 Å². The Balaban J connectivity index is 1.71. The van der Waals surface area contributed by atoms with Crippen LogP contribution >= 0.6 is 0 Å². The molecule has 33 heavy (non-hydrogen) atoms. The zero-order chi connectivity index (χ0) is 23.3. The maximum absolute atomic E-state index is 13.4. The highest BCUT2D eigenvalue weighted by molar-refractivity contribution is 5.70. The molecule has 1 aliphatic rings. The molecule has 0 aromatic heterocycles. The molecule has 170 valence electrons. The van der Waals surface area contributed by atoms with Crippen molar-refractivity contribution in [3.8, 4) is 0 Å². The molecule has 3 nitrogen and oxygen atoms in total. The van der Waals surface area contributed by atoms with Gasteiger partial charge in [-0.1, -0.05) is 116 Å². The minimum Gasteiger partial charge on any atom is -0.445 e. The first-order valence-corrected chi connectivity index (χ1v) is 11.8. The molecule has 0 N–H and O–H groups in total. The molecule has 0 saturated carbocycles. The quantitative estimate of drug-likeness (QED) is 0.388. The van der Waals surface area contributed by atoms with Gasteiger partial charge in [-0.2, -0.15) is 0 Å². The number of ether oxygens (including phenoxy) is 1. The summed E-state index contributed by atoms with van der Waals surface area (Å²) in [7, 11) is 0. The van der Waals surface area contributed by atoms with Crippen molar-refractivity contribution in [2.45, 2.75) is 45.3 Å². The average Bonchev–Trinajstić information content (AvgIpc) is 3.25. The molecule has 1 atom stereocenters. The number of hydrogen-bond acceptors (Lipinski definition) is 2. The SMILES string of the molecule is CC(=CC1CC(c2ccccc2)(c2ccccc2)CN1C(=O)OCc1ccccc1)C(C)C. The van der Waals surface area contributed by atoms with Gasteiger partial charge in [0.15, 0.2) is 0 Å². The third-order valence-electron chi connectivity index (χ3n) is 6.86. The predicted octanol–water partition coefficient (Wildman–Crippen LogP) is 6.99. The number of carbonyl (C=O) groups excluding carboxylic acids is 1. The number of likely N-dealkylation sites (tertiary alicyclic amines) is 1. The van der Waals surface area contributed by atoms with E-state index >= 15 is 0 Å². The molecular formula is C30H33NO2. The topological polar surface area (TPSA) is 29.5 Å². The molecule has 3 aromatic rings. The van der Waals surface area contributed by atoms with E-state index in [0.29, 0.717) is 12.5 Å². The summed E-state index contributed by atoms with van der Waals surface area (Å²) in [4.78, 5) is 15.3. The fourth-order valence-corrected chi connectivity index (χ4v) is 4.69. The molecule has 1 heterocycles. The molecule has 1 unspecified atom stereocenters. The summed E-state index contributed by atoms with van der Waals surface area (Å²) < 4.78 is 5.81. The lowest BCUT2D eigenvalue weighted by atomic mass is 9.73. The van der Waals surface area contributed by atoms with Crippen LogP contribution in [-0.4, -0.2) is 23.6 Å². The number of allylic oxidation sites excluding steroid dienone is 1. The van der Waals surface area contributed by atoms with Gasteiger partial charge in [0.05, 0.1) is 6.04 Å². The Morgan fingerprint density at radius 1 is 0.939 bits per heavy atom. The predicted molar refractivity (Wildman–Crippen MR) is 134 cm³/mol. The zero-order valence-corrected chi connectivity index (χ0v) is 19.8. The summed E-state index contributed by atoms with van der Waals surface area (Å²) in [5.41, 5.74) is 4.46. The van der Waals surface area contributed by atoms with Crippen LogP contribution in [0.25, 0.3) is 0 Å². The number of benzene rings is 3. The van der Waals surface area contributed by atoms with Crippen LogP contribution in [-0.2, 0) is 16.8 Å². The van der Waals surface area contributed by atoms with Gasteiger partial charge in [0, 0.05) is 12.0 Å². The van der Waals surface area contributed by atoms with Gasteiger partial charge in [-0.3, -0.25) is 0 Å². The van der Waals surface area contributed by atoms with Gasteiger partial charge in [-0.05, 0) is 36.0 Å². The second-order valence-electron chi connectivity index (χ2n) is 9.32. The van der Waals surface area contributed by atoms with Crippen molar-refractivity contribution >= 4 is 6.09 Å². The van der Waals surface area contributed by atoms with Crippen molar-refractivity contribution in [3.05, 3.63) is 119 Å². The van der Waals surface area contributed by atoms with Crippen molar-refractivity contribution in [1.29, 1.82) is 0 Å². The highest BCUT2D eigenvalue weighted by Crippen LogP contribution is 2.44. The van der Waals surface area contributed by atoms with E-state index in [2.05, 4.69) is 75.4 Å². The number of amides is 1. The van der Waals surface area contributed by atoms with Crippen LogP contribution < -0.4 is 0 Å². The second-order valence-corrected chi connectivity index (χ2v) is 9.32. The van der Waals surface area contributed by atoms with Crippen LogP contribution in [0, 0.1) is 5.92 Å². The maximum atomic E-state index is 13.4. The van der Waals surface area contributed by atoms with Gasteiger partial charge < -0.3 is 9.64 Å². The Bertz CT molecular complexity index is 1030. The molecule has 3 heteroatoms. The summed E-state index contributed by atoms with van der Waals surface area (Å²) in [6, 6.07) is 31.0.